The van der Waals surface area contributed by atoms with E-state index in [0.29, 0.717) is 18.9 Å². The van der Waals surface area contributed by atoms with Gasteiger partial charge in [0.2, 0.25) is 11.8 Å². The number of halogens is 2. The van der Waals surface area contributed by atoms with Crippen LogP contribution in [0.5, 0.6) is 0 Å². The zero-order valence-electron chi connectivity index (χ0n) is 14.8. The molecule has 25 heavy (non-hydrogen) atoms. The molecule has 0 aliphatic carbocycles. The van der Waals surface area contributed by atoms with Gasteiger partial charge >= 0.3 is 0 Å². The van der Waals surface area contributed by atoms with Crippen LogP contribution in [0.15, 0.2) is 12.4 Å². The van der Waals surface area contributed by atoms with Crippen molar-refractivity contribution in [3.05, 3.63) is 18.2 Å². The van der Waals surface area contributed by atoms with Crippen molar-refractivity contribution < 1.29 is 18.4 Å². The maximum Gasteiger partial charge on any atom is 0.267 e. The minimum atomic E-state index is -2.86. The Morgan fingerprint density at radius 3 is 2.64 bits per heavy atom. The Kier molecular flexibility index (Phi) is 4.55. The SMILES string of the molecule is CCN1C(=O)C[C@H](C(=O)N2CC(F)(F)CC2C)[C@H]1c1nccn1CC. The molecule has 2 saturated heterocycles. The molecule has 3 rings (SSSR count). The number of likely N-dealkylation sites (tertiary alicyclic amines) is 2. The topological polar surface area (TPSA) is 58.4 Å². The number of aryl methyl sites for hydroxylation is 1. The Morgan fingerprint density at radius 1 is 1.36 bits per heavy atom. The Hall–Kier alpha value is -1.99. The summed E-state index contributed by atoms with van der Waals surface area (Å²) in [6, 6.07) is -1.03. The first-order valence-corrected chi connectivity index (χ1v) is 8.77. The van der Waals surface area contributed by atoms with Gasteiger partial charge in [0, 0.05) is 44.4 Å². The Bertz CT molecular complexity index is 675. The van der Waals surface area contributed by atoms with Gasteiger partial charge in [-0.2, -0.15) is 0 Å². The second-order valence-corrected chi connectivity index (χ2v) is 6.88. The first-order valence-electron chi connectivity index (χ1n) is 8.77. The number of carbonyl (C=O) groups excluding carboxylic acids is 2. The Labute approximate surface area is 145 Å². The van der Waals surface area contributed by atoms with E-state index in [0.717, 1.165) is 0 Å². The number of imidazole rings is 1. The molecule has 1 aromatic rings. The van der Waals surface area contributed by atoms with Gasteiger partial charge in [-0.1, -0.05) is 0 Å². The highest BCUT2D eigenvalue weighted by molar-refractivity contribution is 5.90. The van der Waals surface area contributed by atoms with Crippen LogP contribution in [0.1, 0.15) is 45.5 Å². The van der Waals surface area contributed by atoms with Gasteiger partial charge < -0.3 is 14.4 Å². The average Bonchev–Trinajstić information content (AvgIpc) is 3.21. The fraction of sp³-hybridized carbons (Fsp3) is 0.706. The highest BCUT2D eigenvalue weighted by atomic mass is 19.3. The van der Waals surface area contributed by atoms with Crippen LogP contribution < -0.4 is 0 Å². The lowest BCUT2D eigenvalue weighted by atomic mass is 9.97. The van der Waals surface area contributed by atoms with Gasteiger partial charge in [0.05, 0.1) is 12.5 Å². The summed E-state index contributed by atoms with van der Waals surface area (Å²) in [6.07, 6.45) is 3.16. The molecule has 1 unspecified atom stereocenters. The van der Waals surface area contributed by atoms with Gasteiger partial charge in [-0.3, -0.25) is 9.59 Å². The second-order valence-electron chi connectivity index (χ2n) is 6.88. The summed E-state index contributed by atoms with van der Waals surface area (Å²) in [7, 11) is 0. The summed E-state index contributed by atoms with van der Waals surface area (Å²) >= 11 is 0. The third kappa shape index (κ3) is 3.02. The molecule has 1 aromatic heterocycles. The van der Waals surface area contributed by atoms with Crippen LogP contribution in [0, 0.1) is 5.92 Å². The van der Waals surface area contributed by atoms with E-state index in [-0.39, 0.29) is 24.7 Å². The summed E-state index contributed by atoms with van der Waals surface area (Å²) in [5.41, 5.74) is 0. The van der Waals surface area contributed by atoms with E-state index < -0.39 is 30.5 Å². The molecule has 8 heteroatoms. The number of nitrogens with zero attached hydrogens (tertiary/aromatic N) is 4. The standard InChI is InChI=1S/C17H24F2N4O2/c1-4-21-7-6-20-15(21)14-12(8-13(24)22(14)5-2)16(25)23-10-17(18,19)9-11(23)3/h6-7,11-12,14H,4-5,8-10H2,1-3H3/t11?,12-,14-/m0/s1. The first-order chi connectivity index (χ1) is 11.8. The number of hydrogen-bond donors (Lipinski definition) is 0. The van der Waals surface area contributed by atoms with E-state index in [1.54, 1.807) is 24.2 Å². The maximum absolute atomic E-state index is 13.7. The number of rotatable bonds is 4. The van der Waals surface area contributed by atoms with Gasteiger partial charge in [-0.25, -0.2) is 13.8 Å². The molecule has 0 bridgehead atoms. The van der Waals surface area contributed by atoms with Crippen molar-refractivity contribution in [2.24, 2.45) is 5.92 Å². The molecule has 0 N–H and O–H groups in total. The van der Waals surface area contributed by atoms with Gasteiger partial charge in [0.15, 0.2) is 0 Å². The van der Waals surface area contributed by atoms with E-state index in [1.165, 1.54) is 4.90 Å². The summed E-state index contributed by atoms with van der Waals surface area (Å²) in [6.45, 7) is 5.99. The van der Waals surface area contributed by atoms with Gasteiger partial charge in [0.1, 0.15) is 11.9 Å². The highest BCUT2D eigenvalue weighted by Gasteiger charge is 2.51. The molecule has 138 valence electrons. The number of amides is 2. The van der Waals surface area contributed by atoms with Crippen LogP contribution in [-0.2, 0) is 16.1 Å². The molecule has 2 aliphatic rings. The summed E-state index contributed by atoms with van der Waals surface area (Å²) in [5.74, 6) is -3.39. The van der Waals surface area contributed by atoms with Gasteiger partial charge in [0.25, 0.3) is 5.92 Å². The van der Waals surface area contributed by atoms with Crippen LogP contribution >= 0.6 is 0 Å². The zero-order chi connectivity index (χ0) is 18.4. The number of hydrogen-bond acceptors (Lipinski definition) is 3. The minimum absolute atomic E-state index is 0.0444. The van der Waals surface area contributed by atoms with Crippen LogP contribution in [-0.4, -0.2) is 56.2 Å². The smallest absolute Gasteiger partial charge is 0.267 e. The van der Waals surface area contributed by atoms with Crippen LogP contribution in [0.25, 0.3) is 0 Å². The largest absolute Gasteiger partial charge is 0.333 e. The lowest BCUT2D eigenvalue weighted by Gasteiger charge is -2.30. The van der Waals surface area contributed by atoms with Crippen LogP contribution in [0.3, 0.4) is 0 Å². The molecular weight excluding hydrogens is 330 g/mol. The third-order valence-corrected chi connectivity index (χ3v) is 5.25. The van der Waals surface area contributed by atoms with Gasteiger partial charge in [-0.15, -0.1) is 0 Å². The van der Waals surface area contributed by atoms with Crippen molar-refractivity contribution >= 4 is 11.8 Å². The lowest BCUT2D eigenvalue weighted by molar-refractivity contribution is -0.138. The average molecular weight is 354 g/mol. The molecular formula is C17H24F2N4O2. The maximum atomic E-state index is 13.7. The Balaban J connectivity index is 1.93. The van der Waals surface area contributed by atoms with Gasteiger partial charge in [-0.05, 0) is 20.8 Å². The van der Waals surface area contributed by atoms with E-state index in [9.17, 15) is 18.4 Å². The Morgan fingerprint density at radius 2 is 2.08 bits per heavy atom. The lowest BCUT2D eigenvalue weighted by Crippen LogP contribution is -2.42. The number of alkyl halides is 2. The quantitative estimate of drug-likeness (QED) is 0.832. The zero-order valence-corrected chi connectivity index (χ0v) is 14.8. The summed E-state index contributed by atoms with van der Waals surface area (Å²) in [4.78, 5) is 32.7. The second kappa shape index (κ2) is 6.38. The van der Waals surface area contributed by atoms with Crippen molar-refractivity contribution in [3.8, 4) is 0 Å². The fourth-order valence-corrected chi connectivity index (χ4v) is 4.08. The molecule has 2 fully saturated rings. The normalized spacial score (nSPS) is 28.8. The number of carbonyl (C=O) groups is 2. The van der Waals surface area contributed by atoms with Crippen molar-refractivity contribution in [2.45, 2.75) is 58.2 Å². The molecule has 6 nitrogen and oxygen atoms in total. The van der Waals surface area contributed by atoms with E-state index >= 15 is 0 Å². The van der Waals surface area contributed by atoms with Crippen molar-refractivity contribution in [3.63, 3.8) is 0 Å². The highest BCUT2D eigenvalue weighted by Crippen LogP contribution is 2.41. The third-order valence-electron chi connectivity index (χ3n) is 5.25. The molecule has 0 radical (unpaired) electrons. The molecule has 0 saturated carbocycles. The van der Waals surface area contributed by atoms with Crippen molar-refractivity contribution in [2.75, 3.05) is 13.1 Å². The van der Waals surface area contributed by atoms with Crippen LogP contribution in [0.4, 0.5) is 8.78 Å². The summed E-state index contributed by atoms with van der Waals surface area (Å²) < 4.78 is 29.3. The van der Waals surface area contributed by atoms with Crippen molar-refractivity contribution in [1.29, 1.82) is 0 Å². The molecule has 0 spiro atoms. The fourth-order valence-electron chi connectivity index (χ4n) is 4.08. The molecule has 3 atom stereocenters. The predicted octanol–water partition coefficient (Wildman–Crippen LogP) is 2.07. The molecule has 3 heterocycles. The van der Waals surface area contributed by atoms with E-state index in [2.05, 4.69) is 4.98 Å². The summed E-state index contributed by atoms with van der Waals surface area (Å²) in [5, 5.41) is 0. The molecule has 2 aliphatic heterocycles. The monoisotopic (exact) mass is 354 g/mol. The first kappa shape index (κ1) is 17.8. The van der Waals surface area contributed by atoms with Crippen molar-refractivity contribution in [1.82, 2.24) is 19.4 Å². The van der Waals surface area contributed by atoms with Crippen LogP contribution in [0.2, 0.25) is 0 Å². The molecule has 0 aromatic carbocycles. The van der Waals surface area contributed by atoms with E-state index in [4.69, 9.17) is 0 Å². The predicted molar refractivity (Wildman–Crippen MR) is 86.9 cm³/mol. The molecule has 2 amide bonds. The minimum Gasteiger partial charge on any atom is -0.333 e. The number of aromatic nitrogens is 2. The van der Waals surface area contributed by atoms with E-state index in [1.807, 2.05) is 18.4 Å².